The van der Waals surface area contributed by atoms with Crippen LogP contribution in [0, 0.1) is 5.82 Å². The standard InChI is InChI=1S/C19H15FN2O2/c20-15-6-4-5-14(11-15)12-18(23)21-16-9-10-19(24)22(13-16)17-7-2-1-3-8-17/h1-11,13H,12H2,(H,21,23). The average molecular weight is 322 g/mol. The van der Waals surface area contributed by atoms with Gasteiger partial charge in [0.1, 0.15) is 5.82 Å². The fourth-order valence-electron chi connectivity index (χ4n) is 2.39. The molecule has 0 fully saturated rings. The van der Waals surface area contributed by atoms with Crippen molar-refractivity contribution in [2.75, 3.05) is 5.32 Å². The first-order chi connectivity index (χ1) is 11.6. The lowest BCUT2D eigenvalue weighted by atomic mass is 10.1. The number of hydrogen-bond acceptors (Lipinski definition) is 2. The highest BCUT2D eigenvalue weighted by atomic mass is 19.1. The van der Waals surface area contributed by atoms with Gasteiger partial charge in [-0.05, 0) is 35.9 Å². The maximum atomic E-state index is 13.2. The molecule has 1 heterocycles. The zero-order chi connectivity index (χ0) is 16.9. The maximum Gasteiger partial charge on any atom is 0.255 e. The first kappa shape index (κ1) is 15.7. The molecule has 0 aliphatic carbocycles. The Morgan fingerprint density at radius 3 is 2.54 bits per heavy atom. The quantitative estimate of drug-likeness (QED) is 0.802. The molecule has 0 unspecified atom stereocenters. The molecule has 3 aromatic rings. The Morgan fingerprint density at radius 1 is 1.00 bits per heavy atom. The maximum absolute atomic E-state index is 13.2. The van der Waals surface area contributed by atoms with Crippen LogP contribution in [-0.4, -0.2) is 10.5 Å². The first-order valence-electron chi connectivity index (χ1n) is 7.44. The van der Waals surface area contributed by atoms with Gasteiger partial charge in [-0.1, -0.05) is 30.3 Å². The van der Waals surface area contributed by atoms with Crippen molar-refractivity contribution >= 4 is 11.6 Å². The summed E-state index contributed by atoms with van der Waals surface area (Å²) in [5.74, 6) is -0.656. The van der Waals surface area contributed by atoms with Gasteiger partial charge in [0.05, 0.1) is 12.1 Å². The number of nitrogens with zero attached hydrogens (tertiary/aromatic N) is 1. The highest BCUT2D eigenvalue weighted by Gasteiger charge is 2.07. The number of nitrogens with one attached hydrogen (secondary N) is 1. The molecule has 3 rings (SSSR count). The van der Waals surface area contributed by atoms with Gasteiger partial charge in [0.25, 0.3) is 5.56 Å². The highest BCUT2D eigenvalue weighted by Crippen LogP contribution is 2.11. The third-order valence-corrected chi connectivity index (χ3v) is 3.48. The zero-order valence-corrected chi connectivity index (χ0v) is 12.8. The Labute approximate surface area is 138 Å². The lowest BCUT2D eigenvalue weighted by Gasteiger charge is -2.09. The Kier molecular flexibility index (Phi) is 4.52. The molecular weight excluding hydrogens is 307 g/mol. The van der Waals surface area contributed by atoms with Gasteiger partial charge in [-0.25, -0.2) is 4.39 Å². The minimum Gasteiger partial charge on any atom is -0.324 e. The lowest BCUT2D eigenvalue weighted by molar-refractivity contribution is -0.115. The van der Waals surface area contributed by atoms with Crippen LogP contribution in [0.1, 0.15) is 5.56 Å². The molecule has 1 N–H and O–H groups in total. The molecule has 0 saturated carbocycles. The van der Waals surface area contributed by atoms with Crippen LogP contribution in [-0.2, 0) is 11.2 Å². The Morgan fingerprint density at radius 2 is 1.79 bits per heavy atom. The van der Waals surface area contributed by atoms with Crippen LogP contribution in [0.25, 0.3) is 5.69 Å². The molecular formula is C19H15FN2O2. The molecule has 0 spiro atoms. The highest BCUT2D eigenvalue weighted by molar-refractivity contribution is 5.92. The van der Waals surface area contributed by atoms with Crippen LogP contribution >= 0.6 is 0 Å². The van der Waals surface area contributed by atoms with E-state index in [-0.39, 0.29) is 23.7 Å². The fraction of sp³-hybridized carbons (Fsp3) is 0.0526. The van der Waals surface area contributed by atoms with E-state index in [0.29, 0.717) is 16.9 Å². The number of rotatable bonds is 4. The van der Waals surface area contributed by atoms with Gasteiger partial charge in [-0.2, -0.15) is 0 Å². The SMILES string of the molecule is O=C(Cc1cccc(F)c1)Nc1ccc(=O)n(-c2ccccc2)c1. The fourth-order valence-corrected chi connectivity index (χ4v) is 2.39. The van der Waals surface area contributed by atoms with E-state index in [0.717, 1.165) is 0 Å². The lowest BCUT2D eigenvalue weighted by Crippen LogP contribution is -2.20. The van der Waals surface area contributed by atoms with Crippen LogP contribution < -0.4 is 10.9 Å². The van der Waals surface area contributed by atoms with Crippen molar-refractivity contribution in [3.8, 4) is 5.69 Å². The number of pyridine rings is 1. The van der Waals surface area contributed by atoms with Crippen LogP contribution in [0.5, 0.6) is 0 Å². The van der Waals surface area contributed by atoms with E-state index in [1.54, 1.807) is 36.5 Å². The summed E-state index contributed by atoms with van der Waals surface area (Å²) in [5, 5.41) is 2.73. The third-order valence-electron chi connectivity index (χ3n) is 3.48. The second kappa shape index (κ2) is 6.91. The number of halogens is 1. The van der Waals surface area contributed by atoms with E-state index in [4.69, 9.17) is 0 Å². The predicted octanol–water partition coefficient (Wildman–Crippen LogP) is 3.16. The van der Waals surface area contributed by atoms with Crippen LogP contribution in [0.3, 0.4) is 0 Å². The number of benzene rings is 2. The molecule has 5 heteroatoms. The molecule has 0 aliphatic heterocycles. The van der Waals surface area contributed by atoms with Gasteiger partial charge in [-0.15, -0.1) is 0 Å². The third kappa shape index (κ3) is 3.76. The number of carbonyl (C=O) groups excluding carboxylic acids is 1. The number of amides is 1. The molecule has 24 heavy (non-hydrogen) atoms. The summed E-state index contributed by atoms with van der Waals surface area (Å²) in [6.45, 7) is 0. The van der Waals surface area contributed by atoms with Crippen molar-refractivity contribution in [1.29, 1.82) is 0 Å². The monoisotopic (exact) mass is 322 g/mol. The van der Waals surface area contributed by atoms with Gasteiger partial charge < -0.3 is 5.32 Å². The van der Waals surface area contributed by atoms with Gasteiger partial charge >= 0.3 is 0 Å². The van der Waals surface area contributed by atoms with Gasteiger partial charge in [0.15, 0.2) is 0 Å². The number of hydrogen-bond donors (Lipinski definition) is 1. The van der Waals surface area contributed by atoms with Crippen molar-refractivity contribution in [3.63, 3.8) is 0 Å². The summed E-state index contributed by atoms with van der Waals surface area (Å²) in [7, 11) is 0. The zero-order valence-electron chi connectivity index (χ0n) is 12.8. The summed E-state index contributed by atoms with van der Waals surface area (Å²) in [5.41, 5.74) is 1.61. The van der Waals surface area contributed by atoms with E-state index in [2.05, 4.69) is 5.32 Å². The largest absolute Gasteiger partial charge is 0.324 e. The molecule has 120 valence electrons. The van der Waals surface area contributed by atoms with Crippen molar-refractivity contribution in [3.05, 3.63) is 94.7 Å². The average Bonchev–Trinajstić information content (AvgIpc) is 2.57. The normalized spacial score (nSPS) is 10.4. The number of aromatic nitrogens is 1. The van der Waals surface area contributed by atoms with E-state index in [9.17, 15) is 14.0 Å². The molecule has 0 bridgehead atoms. The minimum atomic E-state index is -0.377. The second-order valence-corrected chi connectivity index (χ2v) is 5.32. The van der Waals surface area contributed by atoms with Gasteiger partial charge in [0, 0.05) is 18.0 Å². The summed E-state index contributed by atoms with van der Waals surface area (Å²) in [6, 6.07) is 18.0. The molecule has 0 atom stereocenters. The van der Waals surface area contributed by atoms with Crippen molar-refractivity contribution in [1.82, 2.24) is 4.57 Å². The predicted molar refractivity (Wildman–Crippen MR) is 90.8 cm³/mol. The number of anilines is 1. The summed E-state index contributed by atoms with van der Waals surface area (Å²) < 4.78 is 14.6. The van der Waals surface area contributed by atoms with Crippen molar-refractivity contribution < 1.29 is 9.18 Å². The Bertz CT molecular complexity index is 920. The van der Waals surface area contributed by atoms with E-state index in [1.807, 2.05) is 18.2 Å². The smallest absolute Gasteiger partial charge is 0.255 e. The van der Waals surface area contributed by atoms with Gasteiger partial charge in [-0.3, -0.25) is 14.2 Å². The molecule has 1 aromatic heterocycles. The summed E-state index contributed by atoms with van der Waals surface area (Å²) in [6.07, 6.45) is 1.63. The van der Waals surface area contributed by atoms with Crippen molar-refractivity contribution in [2.45, 2.75) is 6.42 Å². The van der Waals surface area contributed by atoms with E-state index < -0.39 is 0 Å². The molecule has 0 aliphatic rings. The second-order valence-electron chi connectivity index (χ2n) is 5.32. The summed E-state index contributed by atoms with van der Waals surface area (Å²) in [4.78, 5) is 24.1. The van der Waals surface area contributed by atoms with Crippen LogP contribution in [0.15, 0.2) is 77.7 Å². The van der Waals surface area contributed by atoms with Crippen LogP contribution in [0.4, 0.5) is 10.1 Å². The first-order valence-corrected chi connectivity index (χ1v) is 7.44. The topological polar surface area (TPSA) is 51.1 Å². The Balaban J connectivity index is 1.78. The van der Waals surface area contributed by atoms with Gasteiger partial charge in [0.2, 0.25) is 5.91 Å². The molecule has 0 radical (unpaired) electrons. The minimum absolute atomic E-state index is 0.0578. The number of para-hydroxylation sites is 1. The van der Waals surface area contributed by atoms with Crippen LogP contribution in [0.2, 0.25) is 0 Å². The molecule has 1 amide bonds. The van der Waals surface area contributed by atoms with Crippen molar-refractivity contribution in [2.24, 2.45) is 0 Å². The molecule has 0 saturated heterocycles. The summed E-state index contributed by atoms with van der Waals surface area (Å²) >= 11 is 0. The molecule has 2 aromatic carbocycles. The molecule has 4 nitrogen and oxygen atoms in total. The van der Waals surface area contributed by atoms with E-state index in [1.165, 1.54) is 22.8 Å². The van der Waals surface area contributed by atoms with E-state index >= 15 is 0 Å². The number of carbonyl (C=O) groups is 1. The Hall–Kier alpha value is -3.21.